The zero-order valence-electron chi connectivity index (χ0n) is 8.58. The molecule has 0 amide bonds. The Morgan fingerprint density at radius 3 is 2.14 bits per heavy atom. The first-order valence-electron chi connectivity index (χ1n) is 4.50. The maximum atomic E-state index is 10.9. The molecule has 0 N–H and O–H groups in total. The van der Waals surface area contributed by atoms with Crippen molar-refractivity contribution in [3.05, 3.63) is 0 Å². The van der Waals surface area contributed by atoms with Crippen LogP contribution in [0.4, 0.5) is 0 Å². The summed E-state index contributed by atoms with van der Waals surface area (Å²) < 4.78 is 14.1. The van der Waals surface area contributed by atoms with E-state index in [0.717, 1.165) is 0 Å². The number of esters is 2. The molecule has 0 saturated heterocycles. The monoisotopic (exact) mass is 204 g/mol. The summed E-state index contributed by atoms with van der Waals surface area (Å²) in [4.78, 5) is 21.7. The van der Waals surface area contributed by atoms with E-state index in [1.54, 1.807) is 6.92 Å². The summed E-state index contributed by atoms with van der Waals surface area (Å²) in [5.74, 6) is -0.719. The van der Waals surface area contributed by atoms with Gasteiger partial charge in [0, 0.05) is 7.11 Å². The molecule has 5 nitrogen and oxygen atoms in total. The van der Waals surface area contributed by atoms with Crippen molar-refractivity contribution >= 4 is 11.9 Å². The van der Waals surface area contributed by atoms with Crippen LogP contribution in [0.15, 0.2) is 0 Å². The Balaban J connectivity index is 3.34. The van der Waals surface area contributed by atoms with Gasteiger partial charge >= 0.3 is 11.9 Å². The van der Waals surface area contributed by atoms with Crippen LogP contribution < -0.4 is 0 Å². The average Bonchev–Trinajstić information content (AvgIpc) is 2.15. The van der Waals surface area contributed by atoms with Gasteiger partial charge < -0.3 is 14.2 Å². The minimum atomic E-state index is -0.365. The molecule has 0 unspecified atom stereocenters. The van der Waals surface area contributed by atoms with Crippen LogP contribution in [0.5, 0.6) is 0 Å². The molecule has 14 heavy (non-hydrogen) atoms. The number of hydrogen-bond acceptors (Lipinski definition) is 5. The van der Waals surface area contributed by atoms with Crippen LogP contribution in [0, 0.1) is 0 Å². The van der Waals surface area contributed by atoms with E-state index in [-0.39, 0.29) is 31.4 Å². The Morgan fingerprint density at radius 2 is 1.57 bits per heavy atom. The SMILES string of the molecule is CCOC(=O)CCOC(=O)CCOC. The lowest BCUT2D eigenvalue weighted by Gasteiger charge is -2.03. The molecule has 0 rings (SSSR count). The number of rotatable bonds is 7. The van der Waals surface area contributed by atoms with E-state index >= 15 is 0 Å². The van der Waals surface area contributed by atoms with Gasteiger partial charge in [-0.05, 0) is 6.92 Å². The summed E-state index contributed by atoms with van der Waals surface area (Å²) in [6.45, 7) is 2.47. The van der Waals surface area contributed by atoms with Gasteiger partial charge in [-0.3, -0.25) is 9.59 Å². The first kappa shape index (κ1) is 12.9. The fourth-order valence-corrected chi connectivity index (χ4v) is 0.739. The van der Waals surface area contributed by atoms with E-state index in [1.165, 1.54) is 7.11 Å². The predicted octanol–water partition coefficient (Wildman–Crippen LogP) is 0.519. The van der Waals surface area contributed by atoms with Crippen LogP contribution in [0.2, 0.25) is 0 Å². The first-order valence-corrected chi connectivity index (χ1v) is 4.50. The van der Waals surface area contributed by atoms with E-state index in [0.29, 0.717) is 13.2 Å². The van der Waals surface area contributed by atoms with E-state index in [9.17, 15) is 9.59 Å². The van der Waals surface area contributed by atoms with Crippen LogP contribution in [-0.2, 0) is 23.8 Å². The van der Waals surface area contributed by atoms with Gasteiger partial charge in [0.05, 0.1) is 26.1 Å². The zero-order valence-corrected chi connectivity index (χ0v) is 8.58. The third kappa shape index (κ3) is 7.54. The molecular weight excluding hydrogens is 188 g/mol. The summed E-state index contributed by atoms with van der Waals surface area (Å²) in [5, 5.41) is 0. The number of hydrogen-bond donors (Lipinski definition) is 0. The van der Waals surface area contributed by atoms with Crippen molar-refractivity contribution in [1.29, 1.82) is 0 Å². The molecule has 0 aliphatic rings. The van der Waals surface area contributed by atoms with Gasteiger partial charge in [-0.1, -0.05) is 0 Å². The van der Waals surface area contributed by atoms with Gasteiger partial charge in [-0.25, -0.2) is 0 Å². The molecule has 0 heterocycles. The number of methoxy groups -OCH3 is 1. The summed E-state index contributed by atoms with van der Waals surface area (Å²) in [7, 11) is 1.51. The zero-order chi connectivity index (χ0) is 10.8. The molecule has 0 spiro atoms. The molecule has 0 aromatic carbocycles. The Morgan fingerprint density at radius 1 is 1.00 bits per heavy atom. The molecule has 5 heteroatoms. The number of ether oxygens (including phenoxy) is 3. The summed E-state index contributed by atoms with van der Waals surface area (Å²) in [6.07, 6.45) is 0.311. The summed E-state index contributed by atoms with van der Waals surface area (Å²) in [5.41, 5.74) is 0. The van der Waals surface area contributed by atoms with Gasteiger partial charge in [-0.2, -0.15) is 0 Å². The highest BCUT2D eigenvalue weighted by atomic mass is 16.5. The highest BCUT2D eigenvalue weighted by molar-refractivity contribution is 5.71. The third-order valence-electron chi connectivity index (χ3n) is 1.38. The third-order valence-corrected chi connectivity index (χ3v) is 1.38. The maximum Gasteiger partial charge on any atom is 0.309 e. The van der Waals surface area contributed by atoms with Crippen LogP contribution in [0.25, 0.3) is 0 Å². The van der Waals surface area contributed by atoms with E-state index in [1.807, 2.05) is 0 Å². The van der Waals surface area contributed by atoms with Gasteiger partial charge in [0.2, 0.25) is 0 Å². The van der Waals surface area contributed by atoms with Crippen LogP contribution >= 0.6 is 0 Å². The number of carbonyl (C=O) groups is 2. The van der Waals surface area contributed by atoms with Crippen molar-refractivity contribution in [3.8, 4) is 0 Å². The molecule has 0 aliphatic carbocycles. The van der Waals surface area contributed by atoms with Crippen molar-refractivity contribution in [2.24, 2.45) is 0 Å². The molecule has 0 radical (unpaired) electrons. The second-order valence-electron chi connectivity index (χ2n) is 2.52. The Labute approximate surface area is 83.3 Å². The van der Waals surface area contributed by atoms with Crippen molar-refractivity contribution < 1.29 is 23.8 Å². The molecule has 0 fully saturated rings. The van der Waals surface area contributed by atoms with E-state index in [2.05, 4.69) is 9.47 Å². The molecule has 0 saturated carbocycles. The minimum Gasteiger partial charge on any atom is -0.466 e. The van der Waals surface area contributed by atoms with Crippen molar-refractivity contribution in [1.82, 2.24) is 0 Å². The first-order chi connectivity index (χ1) is 6.70. The predicted molar refractivity (Wildman–Crippen MR) is 48.7 cm³/mol. The molecule has 0 atom stereocenters. The smallest absolute Gasteiger partial charge is 0.309 e. The lowest BCUT2D eigenvalue weighted by molar-refractivity contribution is -0.149. The quantitative estimate of drug-likeness (QED) is 0.566. The fraction of sp³-hybridized carbons (Fsp3) is 0.778. The van der Waals surface area contributed by atoms with E-state index in [4.69, 9.17) is 4.74 Å². The maximum absolute atomic E-state index is 10.9. The molecule has 0 aliphatic heterocycles. The molecule has 0 bridgehead atoms. The summed E-state index contributed by atoms with van der Waals surface area (Å²) >= 11 is 0. The van der Waals surface area contributed by atoms with Crippen LogP contribution in [-0.4, -0.2) is 38.9 Å². The average molecular weight is 204 g/mol. The highest BCUT2D eigenvalue weighted by Crippen LogP contribution is 1.91. The topological polar surface area (TPSA) is 61.8 Å². The van der Waals surface area contributed by atoms with Gasteiger partial charge in [0.15, 0.2) is 0 Å². The van der Waals surface area contributed by atoms with Gasteiger partial charge in [-0.15, -0.1) is 0 Å². The van der Waals surface area contributed by atoms with Gasteiger partial charge in [0.25, 0.3) is 0 Å². The Kier molecular flexibility index (Phi) is 7.83. The largest absolute Gasteiger partial charge is 0.466 e. The number of carbonyl (C=O) groups excluding carboxylic acids is 2. The molecule has 0 aromatic rings. The van der Waals surface area contributed by atoms with Crippen LogP contribution in [0.3, 0.4) is 0 Å². The molecular formula is C9H16O5. The minimum absolute atomic E-state index is 0.0708. The standard InChI is InChI=1S/C9H16O5/c1-3-13-8(10)5-7-14-9(11)4-6-12-2/h3-7H2,1-2H3. The fourth-order valence-electron chi connectivity index (χ4n) is 0.739. The van der Waals surface area contributed by atoms with E-state index < -0.39 is 0 Å². The van der Waals surface area contributed by atoms with Crippen molar-refractivity contribution in [3.63, 3.8) is 0 Å². The highest BCUT2D eigenvalue weighted by Gasteiger charge is 2.05. The molecule has 82 valence electrons. The lowest BCUT2D eigenvalue weighted by Crippen LogP contribution is -2.12. The molecule has 0 aromatic heterocycles. The second-order valence-corrected chi connectivity index (χ2v) is 2.52. The second kappa shape index (κ2) is 8.50. The van der Waals surface area contributed by atoms with Crippen LogP contribution in [0.1, 0.15) is 19.8 Å². The summed E-state index contributed by atoms with van der Waals surface area (Å²) in [6, 6.07) is 0. The van der Waals surface area contributed by atoms with Gasteiger partial charge in [0.1, 0.15) is 6.61 Å². The Hall–Kier alpha value is -1.10. The van der Waals surface area contributed by atoms with Crippen molar-refractivity contribution in [2.75, 3.05) is 26.9 Å². The Bertz CT molecular complexity index is 178. The normalized spacial score (nSPS) is 9.57. The van der Waals surface area contributed by atoms with Crippen molar-refractivity contribution in [2.45, 2.75) is 19.8 Å². The lowest BCUT2D eigenvalue weighted by atomic mass is 10.4.